The molecular formula is C12H15N5O3. The van der Waals surface area contributed by atoms with Crippen molar-refractivity contribution in [3.63, 3.8) is 0 Å². The summed E-state index contributed by atoms with van der Waals surface area (Å²) in [6, 6.07) is 1.24. The number of rotatable bonds is 4. The number of aromatic amines is 1. The lowest BCUT2D eigenvalue weighted by Gasteiger charge is -2.07. The molecule has 2 N–H and O–H groups in total. The van der Waals surface area contributed by atoms with Crippen molar-refractivity contribution in [2.24, 2.45) is 7.05 Å². The number of amides is 1. The number of hydrogen-bond acceptors (Lipinski definition) is 4. The first-order valence-corrected chi connectivity index (χ1v) is 6.01. The zero-order valence-corrected chi connectivity index (χ0v) is 11.2. The summed E-state index contributed by atoms with van der Waals surface area (Å²) in [4.78, 5) is 34.8. The van der Waals surface area contributed by atoms with Crippen molar-refractivity contribution in [1.82, 2.24) is 24.6 Å². The topological polar surface area (TPSA) is 102 Å². The van der Waals surface area contributed by atoms with Crippen LogP contribution in [0.4, 0.5) is 0 Å². The molecule has 2 rings (SSSR count). The Balaban J connectivity index is 2.02. The molecule has 1 amide bonds. The number of carbonyl (C=O) groups excluding carboxylic acids is 1. The van der Waals surface area contributed by atoms with Crippen LogP contribution in [0.15, 0.2) is 28.0 Å². The summed E-state index contributed by atoms with van der Waals surface area (Å²) < 4.78 is 2.13. The lowest BCUT2D eigenvalue weighted by Crippen LogP contribution is -2.40. The van der Waals surface area contributed by atoms with E-state index in [1.54, 1.807) is 6.20 Å². The van der Waals surface area contributed by atoms with Gasteiger partial charge in [0.05, 0.1) is 6.20 Å². The van der Waals surface area contributed by atoms with E-state index in [-0.39, 0.29) is 12.5 Å². The highest BCUT2D eigenvalue weighted by atomic mass is 16.2. The Morgan fingerprint density at radius 2 is 2.20 bits per heavy atom. The molecule has 0 saturated heterocycles. The number of carbonyl (C=O) groups is 1. The van der Waals surface area contributed by atoms with Gasteiger partial charge in [-0.15, -0.1) is 0 Å². The fourth-order valence-electron chi connectivity index (χ4n) is 1.69. The minimum Gasteiger partial charge on any atom is -0.350 e. The third-order valence-corrected chi connectivity index (χ3v) is 2.98. The second-order valence-corrected chi connectivity index (χ2v) is 4.42. The van der Waals surface area contributed by atoms with Gasteiger partial charge in [-0.2, -0.15) is 5.10 Å². The first-order valence-electron chi connectivity index (χ1n) is 6.01. The average molecular weight is 277 g/mol. The molecule has 0 spiro atoms. The summed E-state index contributed by atoms with van der Waals surface area (Å²) >= 11 is 0. The van der Waals surface area contributed by atoms with Crippen molar-refractivity contribution < 1.29 is 4.79 Å². The molecule has 0 aliphatic rings. The number of nitrogens with one attached hydrogen (secondary N) is 2. The molecule has 0 aromatic carbocycles. The summed E-state index contributed by atoms with van der Waals surface area (Å²) in [6.07, 6.45) is 2.95. The summed E-state index contributed by atoms with van der Waals surface area (Å²) in [5, 5.41) is 9.31. The van der Waals surface area contributed by atoms with Gasteiger partial charge in [-0.25, -0.2) is 4.79 Å². The van der Waals surface area contributed by atoms with Crippen LogP contribution in [0.1, 0.15) is 11.3 Å². The molecule has 8 nitrogen and oxygen atoms in total. The van der Waals surface area contributed by atoms with Crippen LogP contribution in [0.2, 0.25) is 0 Å². The molecule has 106 valence electrons. The zero-order chi connectivity index (χ0) is 14.7. The van der Waals surface area contributed by atoms with E-state index < -0.39 is 11.2 Å². The molecule has 0 bridgehead atoms. The molecule has 2 heterocycles. The fraction of sp³-hybridized carbons (Fsp3) is 0.333. The van der Waals surface area contributed by atoms with E-state index in [0.29, 0.717) is 6.54 Å². The highest BCUT2D eigenvalue weighted by molar-refractivity contribution is 5.75. The maximum Gasteiger partial charge on any atom is 0.331 e. The smallest absolute Gasteiger partial charge is 0.331 e. The number of aromatic nitrogens is 4. The van der Waals surface area contributed by atoms with Gasteiger partial charge in [-0.3, -0.25) is 23.8 Å². The number of nitrogens with zero attached hydrogens (tertiary/aromatic N) is 3. The first-order chi connectivity index (χ1) is 9.49. The lowest BCUT2D eigenvalue weighted by atomic mass is 10.2. The van der Waals surface area contributed by atoms with Crippen LogP contribution in [0.5, 0.6) is 0 Å². The van der Waals surface area contributed by atoms with Gasteiger partial charge < -0.3 is 5.32 Å². The second-order valence-electron chi connectivity index (χ2n) is 4.42. The first kappa shape index (κ1) is 13.8. The molecule has 0 fully saturated rings. The predicted octanol–water partition coefficient (Wildman–Crippen LogP) is -1.11. The number of H-pyrrole nitrogens is 1. The quantitative estimate of drug-likeness (QED) is 0.740. The van der Waals surface area contributed by atoms with Gasteiger partial charge in [0, 0.05) is 37.1 Å². The molecule has 0 unspecified atom stereocenters. The average Bonchev–Trinajstić information content (AvgIpc) is 2.83. The SMILES string of the molecule is Cc1[nH]ncc1CNC(=O)Cn1ccc(=O)n(C)c1=O. The Labute approximate surface area is 114 Å². The Morgan fingerprint density at radius 1 is 1.45 bits per heavy atom. The Kier molecular flexibility index (Phi) is 3.83. The molecule has 2 aromatic heterocycles. The van der Waals surface area contributed by atoms with Gasteiger partial charge >= 0.3 is 5.69 Å². The second kappa shape index (κ2) is 5.55. The standard InChI is InChI=1S/C12H15N5O3/c1-8-9(6-14-15-8)5-13-10(18)7-17-4-3-11(19)16(2)12(17)20/h3-4,6H,5,7H2,1-2H3,(H,13,18)(H,14,15). The van der Waals surface area contributed by atoms with Crippen LogP contribution < -0.4 is 16.6 Å². The zero-order valence-electron chi connectivity index (χ0n) is 11.2. The summed E-state index contributed by atoms with van der Waals surface area (Å²) in [5.41, 5.74) is 0.837. The van der Waals surface area contributed by atoms with E-state index in [1.165, 1.54) is 23.9 Å². The molecule has 2 aromatic rings. The summed E-state index contributed by atoms with van der Waals surface area (Å²) in [5.74, 6) is -0.314. The van der Waals surface area contributed by atoms with E-state index in [0.717, 1.165) is 15.8 Å². The normalized spacial score (nSPS) is 10.5. The van der Waals surface area contributed by atoms with Crippen LogP contribution >= 0.6 is 0 Å². The Morgan fingerprint density at radius 3 is 2.85 bits per heavy atom. The largest absolute Gasteiger partial charge is 0.350 e. The highest BCUT2D eigenvalue weighted by Crippen LogP contribution is 2.00. The van der Waals surface area contributed by atoms with Crippen LogP contribution in [0.25, 0.3) is 0 Å². The minimum absolute atomic E-state index is 0.135. The van der Waals surface area contributed by atoms with E-state index in [1.807, 2.05) is 6.92 Å². The van der Waals surface area contributed by atoms with Crippen LogP contribution in [0, 0.1) is 6.92 Å². The van der Waals surface area contributed by atoms with Crippen molar-refractivity contribution in [3.8, 4) is 0 Å². The van der Waals surface area contributed by atoms with Crippen LogP contribution in [0.3, 0.4) is 0 Å². The van der Waals surface area contributed by atoms with Crippen molar-refractivity contribution in [1.29, 1.82) is 0 Å². The molecule has 0 aliphatic carbocycles. The van der Waals surface area contributed by atoms with Gasteiger partial charge in [-0.1, -0.05) is 0 Å². The van der Waals surface area contributed by atoms with E-state index in [4.69, 9.17) is 0 Å². The van der Waals surface area contributed by atoms with Gasteiger partial charge in [0.2, 0.25) is 5.91 Å². The van der Waals surface area contributed by atoms with Crippen molar-refractivity contribution in [2.75, 3.05) is 0 Å². The number of hydrogen-bond donors (Lipinski definition) is 2. The molecule has 0 radical (unpaired) electrons. The maximum absolute atomic E-state index is 11.8. The van der Waals surface area contributed by atoms with Crippen molar-refractivity contribution in [2.45, 2.75) is 20.0 Å². The van der Waals surface area contributed by atoms with Gasteiger partial charge in [-0.05, 0) is 6.92 Å². The molecule has 0 saturated carbocycles. The highest BCUT2D eigenvalue weighted by Gasteiger charge is 2.08. The molecule has 0 atom stereocenters. The Hall–Kier alpha value is -2.64. The van der Waals surface area contributed by atoms with Gasteiger partial charge in [0.15, 0.2) is 0 Å². The summed E-state index contributed by atoms with van der Waals surface area (Å²) in [6.45, 7) is 2.05. The third-order valence-electron chi connectivity index (χ3n) is 2.98. The van der Waals surface area contributed by atoms with E-state index in [9.17, 15) is 14.4 Å². The molecular weight excluding hydrogens is 262 g/mol. The fourth-order valence-corrected chi connectivity index (χ4v) is 1.69. The number of aryl methyl sites for hydroxylation is 1. The van der Waals surface area contributed by atoms with E-state index in [2.05, 4.69) is 15.5 Å². The van der Waals surface area contributed by atoms with Gasteiger partial charge in [0.1, 0.15) is 6.54 Å². The molecule has 8 heteroatoms. The van der Waals surface area contributed by atoms with Gasteiger partial charge in [0.25, 0.3) is 5.56 Å². The monoisotopic (exact) mass is 277 g/mol. The summed E-state index contributed by atoms with van der Waals surface area (Å²) in [7, 11) is 1.37. The van der Waals surface area contributed by atoms with Crippen LogP contribution in [-0.4, -0.2) is 25.2 Å². The lowest BCUT2D eigenvalue weighted by molar-refractivity contribution is -0.121. The van der Waals surface area contributed by atoms with Crippen molar-refractivity contribution in [3.05, 3.63) is 50.6 Å². The minimum atomic E-state index is -0.521. The van der Waals surface area contributed by atoms with Crippen LogP contribution in [-0.2, 0) is 24.9 Å². The maximum atomic E-state index is 11.8. The predicted molar refractivity (Wildman–Crippen MR) is 71.1 cm³/mol. The Bertz CT molecular complexity index is 740. The van der Waals surface area contributed by atoms with E-state index >= 15 is 0 Å². The molecule has 0 aliphatic heterocycles. The van der Waals surface area contributed by atoms with Crippen molar-refractivity contribution >= 4 is 5.91 Å². The molecule has 20 heavy (non-hydrogen) atoms. The third kappa shape index (κ3) is 2.85.